The van der Waals surface area contributed by atoms with Crippen molar-refractivity contribution in [3.8, 4) is 72.8 Å². The van der Waals surface area contributed by atoms with Crippen molar-refractivity contribution in [3.63, 3.8) is 0 Å². The fourth-order valence-corrected chi connectivity index (χ4v) is 18.9. The Balaban J connectivity index is 0.879. The van der Waals surface area contributed by atoms with Crippen LogP contribution in [0.25, 0.3) is 105 Å². The maximum Gasteiger partial charge on any atom is 0.256 e. The summed E-state index contributed by atoms with van der Waals surface area (Å²) in [6.45, 7) is 13.8. The summed E-state index contributed by atoms with van der Waals surface area (Å²) in [7, 11) is 0. The van der Waals surface area contributed by atoms with E-state index in [4.69, 9.17) is 9.15 Å². The Hall–Kier alpha value is -13.6. The third-order valence-corrected chi connectivity index (χ3v) is 24.1. The van der Waals surface area contributed by atoms with Crippen molar-refractivity contribution in [2.45, 2.75) is 58.3 Å². The first kappa shape index (κ1) is 65.5. The summed E-state index contributed by atoms with van der Waals surface area (Å²) in [5.74, 6) is 1.34. The molecule has 22 rings (SSSR count). The second-order valence-corrected chi connectivity index (χ2v) is 32.6. The number of nitrogens with zero attached hydrogens (tertiary/aromatic N) is 4. The molecule has 6 nitrogen and oxygen atoms in total. The van der Waals surface area contributed by atoms with Crippen LogP contribution >= 0.6 is 0 Å². The van der Waals surface area contributed by atoms with Crippen molar-refractivity contribution >= 4 is 118 Å². The van der Waals surface area contributed by atoms with Crippen LogP contribution in [0.1, 0.15) is 75.3 Å². The fraction of sp³-hybridized carbons (Fsp3) is 0.0857. The van der Waals surface area contributed by atoms with E-state index in [1.807, 2.05) is 0 Å². The molecule has 1 atom stereocenters. The fourth-order valence-electron chi connectivity index (χ4n) is 18.9. The predicted molar refractivity (Wildman–Crippen MR) is 469 cm³/mol. The van der Waals surface area contributed by atoms with Crippen molar-refractivity contribution in [2.24, 2.45) is 0 Å². The second-order valence-electron chi connectivity index (χ2n) is 32.6. The average Bonchev–Trinajstić information content (AvgIpc) is 0.747. The Morgan fingerprint density at radius 3 is 1.33 bits per heavy atom. The van der Waals surface area contributed by atoms with Gasteiger partial charge in [0.2, 0.25) is 0 Å². The van der Waals surface area contributed by atoms with Crippen molar-refractivity contribution < 1.29 is 9.15 Å². The number of benzene rings is 16. The molecule has 0 bridgehead atoms. The van der Waals surface area contributed by atoms with Gasteiger partial charge < -0.3 is 28.4 Å². The Labute approximate surface area is 653 Å². The van der Waals surface area contributed by atoms with Crippen LogP contribution in [-0.4, -0.2) is 11.3 Å². The van der Waals surface area contributed by atoms with E-state index in [9.17, 15) is 0 Å². The van der Waals surface area contributed by atoms with Crippen LogP contribution in [0.5, 0.6) is 11.5 Å². The van der Waals surface area contributed by atoms with Crippen molar-refractivity contribution in [1.29, 1.82) is 0 Å². The first-order chi connectivity index (χ1) is 54.9. The Kier molecular flexibility index (Phi) is 14.6. The first-order valence-electron chi connectivity index (χ1n) is 39.2. The molecule has 0 saturated carbocycles. The summed E-state index contributed by atoms with van der Waals surface area (Å²) >= 11 is 0. The molecule has 4 aliphatic rings. The van der Waals surface area contributed by atoms with Crippen LogP contribution in [-0.2, 0) is 10.8 Å². The average molecular weight is 1440 g/mol. The zero-order valence-corrected chi connectivity index (χ0v) is 63.2. The highest BCUT2D eigenvalue weighted by molar-refractivity contribution is 6.99. The van der Waals surface area contributed by atoms with Crippen LogP contribution in [0.2, 0.25) is 0 Å². The number of rotatable bonds is 9. The molecule has 7 heteroatoms. The summed E-state index contributed by atoms with van der Waals surface area (Å²) in [5.41, 5.74) is 34.8. The molecule has 16 aromatic carbocycles. The molecule has 0 radical (unpaired) electrons. The lowest BCUT2D eigenvalue weighted by Gasteiger charge is -2.48. The Bertz CT molecular complexity index is 6720. The van der Waals surface area contributed by atoms with E-state index >= 15 is 0 Å². The smallest absolute Gasteiger partial charge is 0.256 e. The van der Waals surface area contributed by atoms with Crippen LogP contribution in [0.4, 0.5) is 51.2 Å². The summed E-state index contributed by atoms with van der Waals surface area (Å²) < 4.78 is 17.7. The SMILES string of the molecule is CC(C)(C)c1cc2c3c(c1)N(c1cc(-c4ccccc4)cc4c1oc1ccccc14)c1ccccc1B3c1cc3c(cc1O2)N(c1c(-c2ccccc2)cccc1-c1ccccc1)c1cc(C(C)(C)C)cc2c1C3c1ccc(-n3c4ccccc4c4ccccc43)cc1N2c1c(-c2ccccc2)cccc1-c1ccccc1. The number of hydrogen-bond donors (Lipinski definition) is 0. The van der Waals surface area contributed by atoms with Gasteiger partial charge in [-0.2, -0.15) is 0 Å². The normalized spacial score (nSPS) is 13.9. The number of anilines is 9. The van der Waals surface area contributed by atoms with Crippen LogP contribution < -0.4 is 35.8 Å². The maximum absolute atomic E-state index is 8.03. The minimum atomic E-state index is -0.349. The highest BCUT2D eigenvalue weighted by atomic mass is 16.5. The van der Waals surface area contributed by atoms with Gasteiger partial charge in [-0.1, -0.05) is 315 Å². The molecule has 1 unspecified atom stereocenters. The summed E-state index contributed by atoms with van der Waals surface area (Å²) in [6.07, 6.45) is 0. The Morgan fingerprint density at radius 2 is 0.777 bits per heavy atom. The summed E-state index contributed by atoms with van der Waals surface area (Å²) in [4.78, 5) is 7.87. The maximum atomic E-state index is 8.03. The summed E-state index contributed by atoms with van der Waals surface area (Å²) in [6, 6.07) is 131. The number of aromatic nitrogens is 1. The van der Waals surface area contributed by atoms with E-state index in [1.54, 1.807) is 0 Å². The van der Waals surface area contributed by atoms with E-state index in [2.05, 4.69) is 413 Å². The number of hydrogen-bond acceptors (Lipinski definition) is 5. The molecule has 18 aromatic rings. The van der Waals surface area contributed by atoms with Gasteiger partial charge in [0.25, 0.3) is 6.71 Å². The van der Waals surface area contributed by atoms with Gasteiger partial charge in [-0.15, -0.1) is 0 Å². The molecule has 6 heterocycles. The van der Waals surface area contributed by atoms with Gasteiger partial charge in [0, 0.05) is 78.4 Å². The third kappa shape index (κ3) is 10.1. The van der Waals surface area contributed by atoms with Crippen LogP contribution in [0, 0.1) is 0 Å². The third-order valence-electron chi connectivity index (χ3n) is 24.1. The van der Waals surface area contributed by atoms with Crippen LogP contribution in [0.3, 0.4) is 0 Å². The first-order valence-corrected chi connectivity index (χ1v) is 39.2. The Morgan fingerprint density at radius 1 is 0.304 bits per heavy atom. The minimum absolute atomic E-state index is 0.276. The number of para-hydroxylation sites is 6. The molecule has 0 amide bonds. The van der Waals surface area contributed by atoms with Gasteiger partial charge in [0.05, 0.1) is 50.8 Å². The predicted octanol–water partition coefficient (Wildman–Crippen LogP) is 26.8. The lowest BCUT2D eigenvalue weighted by molar-refractivity contribution is 0.483. The second kappa shape index (κ2) is 25.0. The van der Waals surface area contributed by atoms with Gasteiger partial charge >= 0.3 is 0 Å². The van der Waals surface area contributed by atoms with Gasteiger partial charge in [-0.05, 0) is 156 Å². The molecule has 0 saturated heterocycles. The lowest BCUT2D eigenvalue weighted by Crippen LogP contribution is -2.59. The molecule has 4 aliphatic heterocycles. The number of ether oxygens (including phenoxy) is 1. The monoisotopic (exact) mass is 1440 g/mol. The minimum Gasteiger partial charge on any atom is -0.458 e. The molecule has 0 aliphatic carbocycles. The van der Waals surface area contributed by atoms with Crippen molar-refractivity contribution in [2.75, 3.05) is 14.7 Å². The highest BCUT2D eigenvalue weighted by Gasteiger charge is 2.49. The standard InChI is InChI=1S/C105H77BN4O2/c1-104(2,3)71-58-91-99-92(59-71)110(102-76(68-38-18-10-19-39-68)47-31-48-77(102)69-40-20-11-21-41-69)90-64-96-85(106-84-49-25-28-52-88(84)108(93-60-72(105(4,5)6)61-97(111-96)100(93)106)94-57-70(65-32-12-7-13-33-65)56-82-80-44-24-29-53-95(80)112-103(82)94)63-83(90)98(99)81-55-54-73(107-86-50-26-22-42-78(86)79-43-23-27-51-87(79)107)62-89(81)109(91)101-74(66-34-14-8-15-35-66)45-30-46-75(101)67-36-16-9-17-37-67/h7-64,98H,1-6H3. The van der Waals surface area contributed by atoms with Gasteiger partial charge in [-0.3, -0.25) is 0 Å². The van der Waals surface area contributed by atoms with Crippen molar-refractivity contribution in [1.82, 2.24) is 4.57 Å². The van der Waals surface area contributed by atoms with Crippen molar-refractivity contribution in [3.05, 3.63) is 380 Å². The number of fused-ring (bicyclic) bond motifs is 14. The summed E-state index contributed by atoms with van der Waals surface area (Å²) in [5, 5.41) is 4.58. The zero-order chi connectivity index (χ0) is 74.8. The van der Waals surface area contributed by atoms with E-state index in [0.29, 0.717) is 0 Å². The van der Waals surface area contributed by atoms with E-state index < -0.39 is 0 Å². The molecule has 2 aromatic heterocycles. The molecule has 0 spiro atoms. The van der Waals surface area contributed by atoms with E-state index in [1.165, 1.54) is 44.1 Å². The zero-order valence-electron chi connectivity index (χ0n) is 63.2. The van der Waals surface area contributed by atoms with Gasteiger partial charge in [0.15, 0.2) is 5.58 Å². The van der Waals surface area contributed by atoms with Gasteiger partial charge in [-0.25, -0.2) is 0 Å². The van der Waals surface area contributed by atoms with E-state index in [0.717, 1.165) is 168 Å². The molecular formula is C105H77BN4O2. The van der Waals surface area contributed by atoms with E-state index in [-0.39, 0.29) is 23.5 Å². The lowest BCUT2D eigenvalue weighted by atomic mass is 9.34. The molecule has 532 valence electrons. The quantitative estimate of drug-likeness (QED) is 0.135. The molecule has 112 heavy (non-hydrogen) atoms. The molecule has 0 N–H and O–H groups in total. The van der Waals surface area contributed by atoms with Gasteiger partial charge in [0.1, 0.15) is 17.1 Å². The molecular weight excluding hydrogens is 1360 g/mol. The topological polar surface area (TPSA) is 37.0 Å². The highest BCUT2D eigenvalue weighted by Crippen LogP contribution is 2.65. The number of furan rings is 1. The largest absolute Gasteiger partial charge is 0.458 e. The molecule has 0 fully saturated rings. The van der Waals surface area contributed by atoms with Crippen LogP contribution in [0.15, 0.2) is 356 Å².